The lowest BCUT2D eigenvalue weighted by Gasteiger charge is -2.05. The first kappa shape index (κ1) is 10.6. The van der Waals surface area contributed by atoms with Gasteiger partial charge >= 0.3 is 0 Å². The summed E-state index contributed by atoms with van der Waals surface area (Å²) in [6.07, 6.45) is 0.607. The molecule has 1 rings (SSSR count). The molecule has 0 radical (unpaired) electrons. The van der Waals surface area contributed by atoms with E-state index in [1.165, 1.54) is 6.07 Å². The van der Waals surface area contributed by atoms with E-state index in [-0.39, 0.29) is 5.82 Å². The van der Waals surface area contributed by atoms with Gasteiger partial charge in [0.15, 0.2) is 0 Å². The molecule has 0 aromatic heterocycles. The predicted molar refractivity (Wildman–Crippen MR) is 52.7 cm³/mol. The highest BCUT2D eigenvalue weighted by Gasteiger charge is 2.06. The van der Waals surface area contributed by atoms with Gasteiger partial charge in [-0.3, -0.25) is 0 Å². The van der Waals surface area contributed by atoms with Crippen molar-refractivity contribution in [1.29, 1.82) is 0 Å². The van der Waals surface area contributed by atoms with Crippen LogP contribution in [0.3, 0.4) is 0 Å². The standard InChI is InChI=1S/C9H11BrFNO/c1-6-4-7(2-3-13-12)9(10)8(11)5-6/h4-5H,2-3,12H2,1H3. The van der Waals surface area contributed by atoms with Crippen LogP contribution >= 0.6 is 15.9 Å². The average Bonchev–Trinajstić information content (AvgIpc) is 2.09. The lowest BCUT2D eigenvalue weighted by molar-refractivity contribution is 0.141. The molecule has 0 amide bonds. The monoisotopic (exact) mass is 247 g/mol. The Hall–Kier alpha value is -0.450. The molecule has 1 aromatic rings. The van der Waals surface area contributed by atoms with Crippen molar-refractivity contribution in [3.8, 4) is 0 Å². The van der Waals surface area contributed by atoms with Crippen molar-refractivity contribution in [1.82, 2.24) is 0 Å². The van der Waals surface area contributed by atoms with Crippen LogP contribution in [0.1, 0.15) is 11.1 Å². The lowest BCUT2D eigenvalue weighted by atomic mass is 10.1. The maximum atomic E-state index is 13.1. The molecule has 0 bridgehead atoms. The Morgan fingerprint density at radius 3 is 2.85 bits per heavy atom. The fraction of sp³-hybridized carbons (Fsp3) is 0.333. The molecule has 0 atom stereocenters. The number of aryl methyl sites for hydroxylation is 1. The highest BCUT2D eigenvalue weighted by atomic mass is 79.9. The summed E-state index contributed by atoms with van der Waals surface area (Å²) in [7, 11) is 0. The summed E-state index contributed by atoms with van der Waals surface area (Å²) in [4.78, 5) is 4.44. The zero-order valence-corrected chi connectivity index (χ0v) is 8.90. The van der Waals surface area contributed by atoms with Crippen LogP contribution in [0.4, 0.5) is 4.39 Å². The molecule has 0 fully saturated rings. The van der Waals surface area contributed by atoms with E-state index in [1.54, 1.807) is 0 Å². The van der Waals surface area contributed by atoms with Crippen LogP contribution in [-0.4, -0.2) is 6.61 Å². The number of nitrogens with two attached hydrogens (primary N) is 1. The molecule has 0 unspecified atom stereocenters. The van der Waals surface area contributed by atoms with E-state index in [2.05, 4.69) is 20.8 Å². The van der Waals surface area contributed by atoms with Gasteiger partial charge in [0.05, 0.1) is 11.1 Å². The van der Waals surface area contributed by atoms with Gasteiger partial charge in [0.25, 0.3) is 0 Å². The highest BCUT2D eigenvalue weighted by molar-refractivity contribution is 9.10. The molecule has 72 valence electrons. The van der Waals surface area contributed by atoms with Crippen molar-refractivity contribution in [3.63, 3.8) is 0 Å². The topological polar surface area (TPSA) is 35.2 Å². The van der Waals surface area contributed by atoms with Crippen molar-refractivity contribution < 1.29 is 9.23 Å². The summed E-state index contributed by atoms with van der Waals surface area (Å²) < 4.78 is 13.6. The molecular weight excluding hydrogens is 237 g/mol. The number of hydrogen-bond acceptors (Lipinski definition) is 2. The van der Waals surface area contributed by atoms with Crippen molar-refractivity contribution in [3.05, 3.63) is 33.5 Å². The number of hydrogen-bond donors (Lipinski definition) is 1. The van der Waals surface area contributed by atoms with Crippen molar-refractivity contribution in [2.24, 2.45) is 5.90 Å². The van der Waals surface area contributed by atoms with Crippen molar-refractivity contribution >= 4 is 15.9 Å². The number of rotatable bonds is 3. The van der Waals surface area contributed by atoms with Crippen molar-refractivity contribution in [2.75, 3.05) is 6.61 Å². The van der Waals surface area contributed by atoms with E-state index in [0.29, 0.717) is 17.5 Å². The first-order valence-corrected chi connectivity index (χ1v) is 4.70. The van der Waals surface area contributed by atoms with E-state index in [1.807, 2.05) is 13.0 Å². The molecule has 0 aliphatic carbocycles. The van der Waals surface area contributed by atoms with Crippen molar-refractivity contribution in [2.45, 2.75) is 13.3 Å². The average molecular weight is 248 g/mol. The largest absolute Gasteiger partial charge is 0.304 e. The first-order valence-electron chi connectivity index (χ1n) is 3.91. The van der Waals surface area contributed by atoms with Gasteiger partial charge in [-0.15, -0.1) is 0 Å². The summed E-state index contributed by atoms with van der Waals surface area (Å²) in [5.41, 5.74) is 1.77. The summed E-state index contributed by atoms with van der Waals surface area (Å²) in [5, 5.41) is 0. The number of halogens is 2. The van der Waals surface area contributed by atoms with Gasteiger partial charge in [-0.2, -0.15) is 0 Å². The summed E-state index contributed by atoms with van der Waals surface area (Å²) in [5.74, 6) is 4.65. The van der Waals surface area contributed by atoms with Gasteiger partial charge in [-0.25, -0.2) is 10.3 Å². The molecule has 0 aliphatic rings. The fourth-order valence-electron chi connectivity index (χ4n) is 1.15. The first-order chi connectivity index (χ1) is 6.15. The van der Waals surface area contributed by atoms with E-state index in [0.717, 1.165) is 11.1 Å². The second-order valence-corrected chi connectivity index (χ2v) is 3.63. The fourth-order valence-corrected chi connectivity index (χ4v) is 1.57. The molecule has 4 heteroatoms. The van der Waals surface area contributed by atoms with Gasteiger partial charge < -0.3 is 4.84 Å². The Kier molecular flexibility index (Phi) is 3.84. The third kappa shape index (κ3) is 2.76. The van der Waals surface area contributed by atoms with Gasteiger partial charge in [0.1, 0.15) is 5.82 Å². The van der Waals surface area contributed by atoms with Crippen LogP contribution in [0.25, 0.3) is 0 Å². The van der Waals surface area contributed by atoms with E-state index >= 15 is 0 Å². The van der Waals surface area contributed by atoms with Crippen LogP contribution in [0.5, 0.6) is 0 Å². The van der Waals surface area contributed by atoms with Crippen LogP contribution < -0.4 is 5.90 Å². The molecule has 0 spiro atoms. The second kappa shape index (κ2) is 4.69. The van der Waals surface area contributed by atoms with Gasteiger partial charge in [-0.05, 0) is 46.5 Å². The summed E-state index contributed by atoms with van der Waals surface area (Å²) in [6, 6.07) is 3.39. The quantitative estimate of drug-likeness (QED) is 0.833. The molecule has 0 saturated heterocycles. The second-order valence-electron chi connectivity index (χ2n) is 2.84. The third-order valence-electron chi connectivity index (χ3n) is 1.74. The van der Waals surface area contributed by atoms with Crippen LogP contribution in [0, 0.1) is 12.7 Å². The predicted octanol–water partition coefficient (Wildman–Crippen LogP) is 2.33. The Balaban J connectivity index is 2.92. The van der Waals surface area contributed by atoms with Gasteiger partial charge in [0.2, 0.25) is 0 Å². The van der Waals surface area contributed by atoms with Crippen LogP contribution in [-0.2, 0) is 11.3 Å². The Bertz CT molecular complexity index is 304. The zero-order valence-electron chi connectivity index (χ0n) is 7.31. The smallest absolute Gasteiger partial charge is 0.137 e. The van der Waals surface area contributed by atoms with E-state index in [9.17, 15) is 4.39 Å². The minimum absolute atomic E-state index is 0.243. The third-order valence-corrected chi connectivity index (χ3v) is 2.63. The summed E-state index contributed by atoms with van der Waals surface area (Å²) in [6.45, 7) is 2.24. The summed E-state index contributed by atoms with van der Waals surface area (Å²) >= 11 is 3.17. The molecule has 0 saturated carbocycles. The molecule has 2 nitrogen and oxygen atoms in total. The SMILES string of the molecule is Cc1cc(F)c(Br)c(CCON)c1. The Morgan fingerprint density at radius 1 is 1.54 bits per heavy atom. The molecule has 13 heavy (non-hydrogen) atoms. The maximum absolute atomic E-state index is 13.1. The number of benzene rings is 1. The molecule has 1 aromatic carbocycles. The van der Waals surface area contributed by atoms with Gasteiger partial charge in [-0.1, -0.05) is 6.07 Å². The molecule has 0 heterocycles. The van der Waals surface area contributed by atoms with Crippen LogP contribution in [0.15, 0.2) is 16.6 Å². The van der Waals surface area contributed by atoms with E-state index < -0.39 is 0 Å². The highest BCUT2D eigenvalue weighted by Crippen LogP contribution is 2.22. The minimum Gasteiger partial charge on any atom is -0.304 e. The lowest BCUT2D eigenvalue weighted by Crippen LogP contribution is -2.04. The van der Waals surface area contributed by atoms with Gasteiger partial charge in [0, 0.05) is 0 Å². The van der Waals surface area contributed by atoms with E-state index in [4.69, 9.17) is 5.90 Å². The normalized spacial score (nSPS) is 10.5. The maximum Gasteiger partial charge on any atom is 0.137 e. The van der Waals surface area contributed by atoms with Crippen LogP contribution in [0.2, 0.25) is 0 Å². The minimum atomic E-state index is -0.243. The zero-order chi connectivity index (χ0) is 9.84. The Morgan fingerprint density at radius 2 is 2.23 bits per heavy atom. The molecule has 2 N–H and O–H groups in total. The Labute approximate surface area is 85.0 Å². The molecule has 0 aliphatic heterocycles. The molecular formula is C9H11BrFNO.